The molecule has 0 aliphatic carbocycles. The zero-order valence-corrected chi connectivity index (χ0v) is 28.3. The molecule has 3 unspecified atom stereocenters. The summed E-state index contributed by atoms with van der Waals surface area (Å²) in [6, 6.07) is -3.37. The molecule has 0 aromatic heterocycles. The molecule has 0 radical (unpaired) electrons. The van der Waals surface area contributed by atoms with Crippen molar-refractivity contribution in [2.45, 2.75) is 193 Å². The predicted octanol–water partition coefficient (Wildman–Crippen LogP) is 8.44. The first-order valence-corrected chi connectivity index (χ1v) is 17.9. The van der Waals surface area contributed by atoms with E-state index in [0.717, 1.165) is 19.3 Å². The molecule has 0 fully saturated rings. The van der Waals surface area contributed by atoms with Gasteiger partial charge >= 0.3 is 11.9 Å². The van der Waals surface area contributed by atoms with E-state index < -0.39 is 40.5 Å². The second-order valence-electron chi connectivity index (χ2n) is 12.5. The molecule has 0 aromatic carbocycles. The Morgan fingerprint density at radius 3 is 1.16 bits per heavy atom. The maximum absolute atomic E-state index is 12.3. The van der Waals surface area contributed by atoms with E-state index in [1.54, 1.807) is 20.8 Å². The van der Waals surface area contributed by atoms with Crippen LogP contribution in [0.1, 0.15) is 175 Å². The second-order valence-corrected chi connectivity index (χ2v) is 12.5. The minimum absolute atomic E-state index is 0.132. The lowest BCUT2D eigenvalue weighted by Gasteiger charge is -2.51. The molecule has 0 saturated carbocycles. The van der Waals surface area contributed by atoms with Crippen LogP contribution in [0, 0.1) is 0 Å². The highest BCUT2D eigenvalue weighted by Gasteiger charge is 2.53. The Balaban J connectivity index is 4.27. The monoisotopic (exact) mass is 609 g/mol. The summed E-state index contributed by atoms with van der Waals surface area (Å²) in [5, 5.41) is 32.2. The Bertz CT molecular complexity index is 697. The largest absolute Gasteiger partial charge is 0.544 e. The predicted molar refractivity (Wildman–Crippen MR) is 175 cm³/mol. The molecule has 7 heteroatoms. The summed E-state index contributed by atoms with van der Waals surface area (Å²) in [6.45, 7) is 7.51. The topological polar surface area (TPSA) is 115 Å². The van der Waals surface area contributed by atoms with Crippen molar-refractivity contribution in [1.82, 2.24) is 0 Å². The van der Waals surface area contributed by atoms with E-state index in [1.165, 1.54) is 103 Å². The highest BCUT2D eigenvalue weighted by molar-refractivity contribution is 5.77. The van der Waals surface area contributed by atoms with E-state index >= 15 is 0 Å². The van der Waals surface area contributed by atoms with Crippen LogP contribution in [0.5, 0.6) is 0 Å². The Labute approximate surface area is 264 Å². The molecule has 0 bridgehead atoms. The number of carboxylic acids is 3. The molecular weight excluding hydrogens is 542 g/mol. The molecule has 0 aliphatic heterocycles. The second kappa shape index (κ2) is 26.5. The van der Waals surface area contributed by atoms with Crippen molar-refractivity contribution >= 4 is 17.9 Å². The van der Waals surface area contributed by atoms with E-state index in [-0.39, 0.29) is 25.8 Å². The smallest absolute Gasteiger partial charge is 0.362 e. The number of allylic oxidation sites excluding steroid dienone is 2. The van der Waals surface area contributed by atoms with Crippen LogP contribution in [0.4, 0.5) is 0 Å². The van der Waals surface area contributed by atoms with Crippen molar-refractivity contribution < 1.29 is 34.2 Å². The van der Waals surface area contributed by atoms with Gasteiger partial charge in [0.1, 0.15) is 6.04 Å². The minimum atomic E-state index is -1.36. The summed E-state index contributed by atoms with van der Waals surface area (Å²) in [6.07, 6.45) is 29.6. The highest BCUT2D eigenvalue weighted by atomic mass is 16.4. The van der Waals surface area contributed by atoms with Crippen molar-refractivity contribution in [2.75, 3.05) is 6.54 Å². The Hall–Kier alpha value is -1.89. The number of unbranched alkanes of at least 4 members (excludes halogenated alkanes) is 18. The van der Waals surface area contributed by atoms with Crippen LogP contribution in [0.2, 0.25) is 0 Å². The fraction of sp³-hybridized carbons (Fsp3) is 0.861. The van der Waals surface area contributed by atoms with Gasteiger partial charge in [-0.3, -0.25) is 4.48 Å². The molecule has 252 valence electrons. The number of hydrogen-bond donors (Lipinski definition) is 2. The van der Waals surface area contributed by atoms with Gasteiger partial charge in [-0.2, -0.15) is 0 Å². The van der Waals surface area contributed by atoms with Crippen LogP contribution >= 0.6 is 0 Å². The summed E-state index contributed by atoms with van der Waals surface area (Å²) >= 11 is 0. The fourth-order valence-electron chi connectivity index (χ4n) is 6.96. The molecule has 2 N–H and O–H groups in total. The van der Waals surface area contributed by atoms with E-state index in [9.17, 15) is 29.7 Å². The number of carbonyl (C=O) groups is 3. The summed E-state index contributed by atoms with van der Waals surface area (Å²) in [7, 11) is 0. The summed E-state index contributed by atoms with van der Waals surface area (Å²) in [5.74, 6) is -3.64. The van der Waals surface area contributed by atoms with Crippen molar-refractivity contribution in [2.24, 2.45) is 0 Å². The van der Waals surface area contributed by atoms with Crippen LogP contribution in [0.25, 0.3) is 0 Å². The van der Waals surface area contributed by atoms with Gasteiger partial charge in [-0.25, -0.2) is 9.59 Å². The maximum Gasteiger partial charge on any atom is 0.362 e. The van der Waals surface area contributed by atoms with Gasteiger partial charge in [0.05, 0.1) is 12.5 Å². The number of aliphatic carboxylic acids is 3. The van der Waals surface area contributed by atoms with Crippen molar-refractivity contribution in [3.05, 3.63) is 12.2 Å². The Morgan fingerprint density at radius 1 is 0.535 bits per heavy atom. The third kappa shape index (κ3) is 16.7. The van der Waals surface area contributed by atoms with Gasteiger partial charge in [0, 0.05) is 19.3 Å². The number of hydrogen-bond acceptors (Lipinski definition) is 4. The van der Waals surface area contributed by atoms with Gasteiger partial charge in [-0.15, -0.1) is 0 Å². The van der Waals surface area contributed by atoms with E-state index in [0.29, 0.717) is 6.42 Å². The number of nitrogens with zero attached hydrogens (tertiary/aromatic N) is 1. The average Bonchev–Trinajstić information content (AvgIpc) is 2.96. The lowest BCUT2D eigenvalue weighted by atomic mass is 9.93. The first-order valence-electron chi connectivity index (χ1n) is 17.9. The van der Waals surface area contributed by atoms with Gasteiger partial charge in [-0.1, -0.05) is 136 Å². The Kier molecular flexibility index (Phi) is 25.3. The van der Waals surface area contributed by atoms with Gasteiger partial charge in [-0.05, 0) is 32.1 Å². The van der Waals surface area contributed by atoms with Crippen molar-refractivity contribution in [3.8, 4) is 0 Å². The molecule has 0 rings (SSSR count). The standard InChI is InChI=1S/C36H67NO6/c1-5-9-10-11-12-13-14-15-16-17-18-19-20-21-22-23-24-25-26-27-28-29-30-37(31(6-2)34(38)39,32(7-3)35(40)41)33(8-4)36(42)43/h10-11,31-33H,5-9,12-30H2,1-4H3,(H2-,38,39,40,41,42,43)/b11-10+. The van der Waals surface area contributed by atoms with Crippen LogP contribution < -0.4 is 5.11 Å². The summed E-state index contributed by atoms with van der Waals surface area (Å²) < 4.78 is -0.465. The number of quaternary nitrogens is 1. The first kappa shape index (κ1) is 41.1. The quantitative estimate of drug-likeness (QED) is 0.0463. The van der Waals surface area contributed by atoms with E-state index in [4.69, 9.17) is 0 Å². The molecule has 7 nitrogen and oxygen atoms in total. The molecule has 0 aromatic rings. The first-order chi connectivity index (χ1) is 20.7. The molecule has 0 spiro atoms. The SMILES string of the molecule is CCC/C=C/CCCCCCCCCCCCCCCCCCC[N+](C(CC)C(=O)[O-])(C(CC)C(=O)O)C(CC)C(=O)O. The number of rotatable bonds is 31. The molecule has 0 amide bonds. The molecule has 0 saturated heterocycles. The average molecular weight is 610 g/mol. The third-order valence-electron chi connectivity index (χ3n) is 9.28. The van der Waals surface area contributed by atoms with Gasteiger partial charge < -0.3 is 20.1 Å². The van der Waals surface area contributed by atoms with Gasteiger partial charge in [0.25, 0.3) is 0 Å². The minimum Gasteiger partial charge on any atom is -0.544 e. The maximum atomic E-state index is 12.3. The van der Waals surface area contributed by atoms with Gasteiger partial charge in [0.2, 0.25) is 0 Å². The summed E-state index contributed by atoms with van der Waals surface area (Å²) in [4.78, 5) is 36.7. The highest BCUT2D eigenvalue weighted by Crippen LogP contribution is 2.32. The third-order valence-corrected chi connectivity index (χ3v) is 9.28. The number of carbonyl (C=O) groups excluding carboxylic acids is 1. The summed E-state index contributed by atoms with van der Waals surface area (Å²) in [5.41, 5.74) is 0. The molecule has 3 atom stereocenters. The van der Waals surface area contributed by atoms with E-state index in [2.05, 4.69) is 19.1 Å². The number of carboxylic acid groups (broad SMARTS) is 3. The molecule has 0 heterocycles. The Morgan fingerprint density at radius 2 is 0.860 bits per heavy atom. The van der Waals surface area contributed by atoms with Crippen LogP contribution in [0.3, 0.4) is 0 Å². The molecular formula is C36H67NO6. The van der Waals surface area contributed by atoms with Crippen LogP contribution in [0.15, 0.2) is 12.2 Å². The molecule has 0 aliphatic rings. The lowest BCUT2D eigenvalue weighted by Crippen LogP contribution is -2.73. The van der Waals surface area contributed by atoms with Crippen molar-refractivity contribution in [1.29, 1.82) is 0 Å². The van der Waals surface area contributed by atoms with Crippen LogP contribution in [-0.4, -0.2) is 57.3 Å². The van der Waals surface area contributed by atoms with Crippen molar-refractivity contribution in [3.63, 3.8) is 0 Å². The zero-order chi connectivity index (χ0) is 32.3. The molecule has 43 heavy (non-hydrogen) atoms. The fourth-order valence-corrected chi connectivity index (χ4v) is 6.96. The van der Waals surface area contributed by atoms with E-state index in [1.807, 2.05) is 0 Å². The normalized spacial score (nSPS) is 15.3. The van der Waals surface area contributed by atoms with Crippen LogP contribution in [-0.2, 0) is 14.4 Å². The van der Waals surface area contributed by atoms with Gasteiger partial charge in [0.15, 0.2) is 12.1 Å². The lowest BCUT2D eigenvalue weighted by molar-refractivity contribution is -0.974. The zero-order valence-electron chi connectivity index (χ0n) is 28.3.